The van der Waals surface area contributed by atoms with Crippen LogP contribution in [0, 0.1) is 0 Å². The molecule has 3 nitrogen and oxygen atoms in total. The second-order valence-electron chi connectivity index (χ2n) is 2.44. The van der Waals surface area contributed by atoms with Gasteiger partial charge in [0.1, 0.15) is 5.75 Å². The van der Waals surface area contributed by atoms with Crippen LogP contribution in [0.5, 0.6) is 5.75 Å². The summed E-state index contributed by atoms with van der Waals surface area (Å²) in [6, 6.07) is 1.97. The van der Waals surface area contributed by atoms with E-state index in [0.717, 1.165) is 5.56 Å². The number of aromatic nitrogens is 1. The summed E-state index contributed by atoms with van der Waals surface area (Å²) in [7, 11) is 1.85. The van der Waals surface area contributed by atoms with E-state index in [2.05, 4.69) is 10.3 Å². The lowest BCUT2D eigenvalue weighted by Crippen LogP contribution is -2.12. The Bertz CT molecular complexity index is 237. The maximum Gasteiger partial charge on any atom is 0.138 e. The fourth-order valence-electron chi connectivity index (χ4n) is 0.919. The van der Waals surface area contributed by atoms with Crippen molar-refractivity contribution in [1.29, 1.82) is 0 Å². The van der Waals surface area contributed by atoms with Crippen molar-refractivity contribution in [3.05, 3.63) is 24.0 Å². The normalized spacial score (nSPS) is 12.9. The van der Waals surface area contributed by atoms with Gasteiger partial charge in [-0.3, -0.25) is 4.98 Å². The van der Waals surface area contributed by atoms with Crippen LogP contribution in [0.15, 0.2) is 18.5 Å². The zero-order valence-electron chi connectivity index (χ0n) is 6.70. The summed E-state index contributed by atoms with van der Waals surface area (Å²) in [6.45, 7) is 1.98. The Kier molecular flexibility index (Phi) is 2.44. The van der Waals surface area contributed by atoms with Gasteiger partial charge in [0, 0.05) is 17.8 Å². The average molecular weight is 152 g/mol. The first-order valence-electron chi connectivity index (χ1n) is 3.56. The van der Waals surface area contributed by atoms with Crippen LogP contribution in [-0.2, 0) is 0 Å². The van der Waals surface area contributed by atoms with Crippen molar-refractivity contribution in [3.8, 4) is 5.75 Å². The van der Waals surface area contributed by atoms with Crippen LogP contribution < -0.4 is 5.32 Å². The highest BCUT2D eigenvalue weighted by Gasteiger charge is 2.06. The second kappa shape index (κ2) is 3.34. The van der Waals surface area contributed by atoms with Gasteiger partial charge in [0.2, 0.25) is 0 Å². The van der Waals surface area contributed by atoms with Gasteiger partial charge in [-0.15, -0.1) is 0 Å². The molecule has 11 heavy (non-hydrogen) atoms. The Labute approximate surface area is 66.1 Å². The molecular weight excluding hydrogens is 140 g/mol. The Morgan fingerprint density at radius 1 is 1.64 bits per heavy atom. The third-order valence-corrected chi connectivity index (χ3v) is 1.73. The molecule has 3 heteroatoms. The van der Waals surface area contributed by atoms with Crippen molar-refractivity contribution in [3.63, 3.8) is 0 Å². The van der Waals surface area contributed by atoms with Crippen molar-refractivity contribution in [2.75, 3.05) is 7.05 Å². The minimum absolute atomic E-state index is 0.165. The van der Waals surface area contributed by atoms with Crippen LogP contribution >= 0.6 is 0 Å². The van der Waals surface area contributed by atoms with Gasteiger partial charge >= 0.3 is 0 Å². The molecule has 1 aromatic rings. The van der Waals surface area contributed by atoms with Crippen LogP contribution in [-0.4, -0.2) is 17.1 Å². The molecule has 0 fully saturated rings. The van der Waals surface area contributed by atoms with Crippen LogP contribution in [0.3, 0.4) is 0 Å². The van der Waals surface area contributed by atoms with E-state index in [-0.39, 0.29) is 11.8 Å². The summed E-state index contributed by atoms with van der Waals surface area (Å²) < 4.78 is 0. The van der Waals surface area contributed by atoms with Gasteiger partial charge in [0.15, 0.2) is 0 Å². The Morgan fingerprint density at radius 3 is 2.91 bits per heavy atom. The molecule has 0 amide bonds. The predicted octanol–water partition coefficient (Wildman–Crippen LogP) is 1.07. The minimum Gasteiger partial charge on any atom is -0.506 e. The van der Waals surface area contributed by atoms with Crippen molar-refractivity contribution < 1.29 is 5.11 Å². The number of nitrogens with one attached hydrogen (secondary N) is 1. The molecule has 0 aliphatic carbocycles. The first-order valence-corrected chi connectivity index (χ1v) is 3.56. The molecule has 1 aromatic heterocycles. The van der Waals surface area contributed by atoms with E-state index in [9.17, 15) is 5.11 Å². The largest absolute Gasteiger partial charge is 0.506 e. The summed E-state index contributed by atoms with van der Waals surface area (Å²) in [5, 5.41) is 12.3. The number of pyridine rings is 1. The van der Waals surface area contributed by atoms with E-state index in [1.165, 1.54) is 6.20 Å². The van der Waals surface area contributed by atoms with Crippen LogP contribution in [0.1, 0.15) is 18.5 Å². The van der Waals surface area contributed by atoms with Crippen LogP contribution in [0.25, 0.3) is 0 Å². The maximum atomic E-state index is 9.31. The molecule has 0 saturated heterocycles. The molecule has 60 valence electrons. The summed E-state index contributed by atoms with van der Waals surface area (Å²) >= 11 is 0. The van der Waals surface area contributed by atoms with Gasteiger partial charge in [0.05, 0.1) is 6.20 Å². The highest BCUT2D eigenvalue weighted by atomic mass is 16.3. The van der Waals surface area contributed by atoms with Crippen LogP contribution in [0.4, 0.5) is 0 Å². The van der Waals surface area contributed by atoms with Crippen molar-refractivity contribution >= 4 is 0 Å². The number of hydrogen-bond acceptors (Lipinski definition) is 3. The van der Waals surface area contributed by atoms with E-state index < -0.39 is 0 Å². The Morgan fingerprint density at radius 2 is 2.36 bits per heavy atom. The van der Waals surface area contributed by atoms with Gasteiger partial charge in [-0.05, 0) is 20.0 Å². The molecule has 0 spiro atoms. The Hall–Kier alpha value is -1.09. The first-order chi connectivity index (χ1) is 5.25. The summed E-state index contributed by atoms with van der Waals surface area (Å²) in [5.74, 6) is 0.245. The number of rotatable bonds is 2. The molecule has 0 bridgehead atoms. The van der Waals surface area contributed by atoms with Gasteiger partial charge < -0.3 is 10.4 Å². The molecule has 0 aliphatic rings. The minimum atomic E-state index is 0.165. The lowest BCUT2D eigenvalue weighted by molar-refractivity contribution is 0.455. The van der Waals surface area contributed by atoms with E-state index >= 15 is 0 Å². The summed E-state index contributed by atoms with van der Waals surface area (Å²) in [4.78, 5) is 3.78. The molecule has 0 radical (unpaired) electrons. The van der Waals surface area contributed by atoms with Gasteiger partial charge in [-0.2, -0.15) is 0 Å². The van der Waals surface area contributed by atoms with E-state index in [0.29, 0.717) is 0 Å². The average Bonchev–Trinajstić information content (AvgIpc) is 2.04. The van der Waals surface area contributed by atoms with Gasteiger partial charge in [-0.1, -0.05) is 0 Å². The van der Waals surface area contributed by atoms with Gasteiger partial charge in [-0.25, -0.2) is 0 Å². The first kappa shape index (κ1) is 8.01. The monoisotopic (exact) mass is 152 g/mol. The van der Waals surface area contributed by atoms with Crippen LogP contribution in [0.2, 0.25) is 0 Å². The Balaban J connectivity index is 2.93. The smallest absolute Gasteiger partial charge is 0.138 e. The molecule has 1 heterocycles. The van der Waals surface area contributed by atoms with E-state index in [4.69, 9.17) is 0 Å². The molecule has 1 rings (SSSR count). The lowest BCUT2D eigenvalue weighted by Gasteiger charge is -2.10. The highest BCUT2D eigenvalue weighted by Crippen LogP contribution is 2.20. The number of hydrogen-bond donors (Lipinski definition) is 2. The highest BCUT2D eigenvalue weighted by molar-refractivity contribution is 5.30. The number of aromatic hydroxyl groups is 1. The molecule has 0 aromatic carbocycles. The third kappa shape index (κ3) is 1.68. The lowest BCUT2D eigenvalue weighted by atomic mass is 10.1. The molecule has 2 N–H and O–H groups in total. The zero-order chi connectivity index (χ0) is 8.27. The fraction of sp³-hybridized carbons (Fsp3) is 0.375. The molecular formula is C8H12N2O. The van der Waals surface area contributed by atoms with E-state index in [1.807, 2.05) is 14.0 Å². The van der Waals surface area contributed by atoms with Crippen molar-refractivity contribution in [1.82, 2.24) is 10.3 Å². The standard InChI is InChI=1S/C8H12N2O/c1-6(9-2)7-3-4-10-5-8(7)11/h3-6,9,11H,1-2H3. The quantitative estimate of drug-likeness (QED) is 0.666. The SMILES string of the molecule is CNC(C)c1ccncc1O. The maximum absolute atomic E-state index is 9.31. The van der Waals surface area contributed by atoms with Crippen molar-refractivity contribution in [2.24, 2.45) is 0 Å². The topological polar surface area (TPSA) is 45.2 Å². The van der Waals surface area contributed by atoms with Crippen molar-refractivity contribution in [2.45, 2.75) is 13.0 Å². The predicted molar refractivity (Wildman–Crippen MR) is 43.4 cm³/mol. The number of nitrogens with zero attached hydrogens (tertiary/aromatic N) is 1. The van der Waals surface area contributed by atoms with Gasteiger partial charge in [0.25, 0.3) is 0 Å². The third-order valence-electron chi connectivity index (χ3n) is 1.73. The second-order valence-corrected chi connectivity index (χ2v) is 2.44. The molecule has 1 unspecified atom stereocenters. The molecule has 0 saturated carbocycles. The summed E-state index contributed by atoms with van der Waals surface area (Å²) in [5.41, 5.74) is 0.877. The summed E-state index contributed by atoms with van der Waals surface area (Å²) in [6.07, 6.45) is 3.12. The fourth-order valence-corrected chi connectivity index (χ4v) is 0.919. The molecule has 1 atom stereocenters. The zero-order valence-corrected chi connectivity index (χ0v) is 6.70. The molecule has 0 aliphatic heterocycles. The van der Waals surface area contributed by atoms with E-state index in [1.54, 1.807) is 12.3 Å².